The zero-order chi connectivity index (χ0) is 17.3. The number of fused-ring (bicyclic) bond motifs is 1. The van der Waals surface area contributed by atoms with Crippen molar-refractivity contribution >= 4 is 17.4 Å². The SMILES string of the molecule is COc1ccc(NC(=O)N2CCn3c(n[nH]c3=O)C2)cc1[N+](=O)[O-]. The van der Waals surface area contributed by atoms with Crippen molar-refractivity contribution in [3.05, 3.63) is 44.6 Å². The maximum Gasteiger partial charge on any atom is 0.343 e. The Labute approximate surface area is 135 Å². The number of carbonyl (C=O) groups excluding carboxylic acids is 1. The van der Waals surface area contributed by atoms with Crippen LogP contribution in [-0.2, 0) is 13.1 Å². The van der Waals surface area contributed by atoms with Gasteiger partial charge in [-0.1, -0.05) is 0 Å². The summed E-state index contributed by atoms with van der Waals surface area (Å²) in [7, 11) is 1.33. The maximum absolute atomic E-state index is 12.3. The molecule has 0 unspecified atom stereocenters. The van der Waals surface area contributed by atoms with Crippen LogP contribution in [0.5, 0.6) is 5.75 Å². The number of amides is 2. The molecule has 0 saturated heterocycles. The quantitative estimate of drug-likeness (QED) is 0.621. The highest BCUT2D eigenvalue weighted by atomic mass is 16.6. The molecule has 24 heavy (non-hydrogen) atoms. The van der Waals surface area contributed by atoms with E-state index in [4.69, 9.17) is 4.74 Å². The van der Waals surface area contributed by atoms with Gasteiger partial charge >= 0.3 is 17.4 Å². The summed E-state index contributed by atoms with van der Waals surface area (Å²) >= 11 is 0. The lowest BCUT2D eigenvalue weighted by Crippen LogP contribution is -2.42. The summed E-state index contributed by atoms with van der Waals surface area (Å²) in [5, 5.41) is 19.8. The van der Waals surface area contributed by atoms with Gasteiger partial charge in [-0.3, -0.25) is 14.7 Å². The van der Waals surface area contributed by atoms with Gasteiger partial charge in [0.1, 0.15) is 0 Å². The molecule has 1 aromatic heterocycles. The van der Waals surface area contributed by atoms with E-state index in [0.717, 1.165) is 0 Å². The average molecular weight is 334 g/mol. The van der Waals surface area contributed by atoms with Gasteiger partial charge in [0, 0.05) is 24.8 Å². The first-order chi connectivity index (χ1) is 11.5. The van der Waals surface area contributed by atoms with Crippen LogP contribution in [0.2, 0.25) is 0 Å². The van der Waals surface area contributed by atoms with E-state index in [9.17, 15) is 19.7 Å². The molecule has 2 N–H and O–H groups in total. The highest BCUT2D eigenvalue weighted by Crippen LogP contribution is 2.29. The first kappa shape index (κ1) is 15.5. The van der Waals surface area contributed by atoms with Crippen molar-refractivity contribution in [1.29, 1.82) is 0 Å². The van der Waals surface area contributed by atoms with Crippen molar-refractivity contribution in [3.8, 4) is 5.75 Å². The third-order valence-electron chi connectivity index (χ3n) is 3.68. The standard InChI is InChI=1S/C13H14N6O5/c1-24-10-3-2-8(6-9(10)19(22)23)14-12(20)17-4-5-18-11(7-17)15-16-13(18)21/h2-3,6H,4-5,7H2,1H3,(H,14,20)(H,16,21). The van der Waals surface area contributed by atoms with E-state index in [0.29, 0.717) is 18.9 Å². The summed E-state index contributed by atoms with van der Waals surface area (Å²) in [6.45, 7) is 0.834. The third-order valence-corrected chi connectivity index (χ3v) is 3.68. The second-order valence-electron chi connectivity index (χ2n) is 5.09. The van der Waals surface area contributed by atoms with Crippen LogP contribution in [0, 0.1) is 10.1 Å². The number of rotatable bonds is 3. The van der Waals surface area contributed by atoms with Crippen LogP contribution in [0.1, 0.15) is 5.82 Å². The van der Waals surface area contributed by atoms with Crippen molar-refractivity contribution < 1.29 is 14.5 Å². The van der Waals surface area contributed by atoms with Crippen LogP contribution in [-0.4, -0.2) is 44.3 Å². The number of aromatic nitrogens is 3. The highest BCUT2D eigenvalue weighted by Gasteiger charge is 2.24. The number of methoxy groups -OCH3 is 1. The smallest absolute Gasteiger partial charge is 0.343 e. The number of anilines is 1. The van der Waals surface area contributed by atoms with Crippen molar-refractivity contribution in [2.75, 3.05) is 19.0 Å². The summed E-state index contributed by atoms with van der Waals surface area (Å²) in [6.07, 6.45) is 0. The monoisotopic (exact) mass is 334 g/mol. The molecule has 0 fully saturated rings. The van der Waals surface area contributed by atoms with Crippen LogP contribution in [0.4, 0.5) is 16.2 Å². The van der Waals surface area contributed by atoms with Crippen molar-refractivity contribution in [2.24, 2.45) is 0 Å². The third kappa shape index (κ3) is 2.78. The molecule has 0 radical (unpaired) electrons. The lowest BCUT2D eigenvalue weighted by atomic mass is 10.2. The molecular weight excluding hydrogens is 320 g/mol. The molecule has 11 nitrogen and oxygen atoms in total. The number of ether oxygens (including phenoxy) is 1. The minimum Gasteiger partial charge on any atom is -0.490 e. The van der Waals surface area contributed by atoms with E-state index in [-0.39, 0.29) is 29.4 Å². The number of nitrogens with one attached hydrogen (secondary N) is 2. The second kappa shape index (κ2) is 6.02. The van der Waals surface area contributed by atoms with Gasteiger partial charge in [-0.15, -0.1) is 0 Å². The Balaban J connectivity index is 1.75. The summed E-state index contributed by atoms with van der Waals surface area (Å²) in [5.74, 6) is 0.568. The van der Waals surface area contributed by atoms with E-state index in [1.807, 2.05) is 0 Å². The van der Waals surface area contributed by atoms with Gasteiger partial charge in [-0.05, 0) is 12.1 Å². The molecule has 126 valence electrons. The fraction of sp³-hybridized carbons (Fsp3) is 0.308. The minimum atomic E-state index is -0.586. The Morgan fingerprint density at radius 2 is 2.25 bits per heavy atom. The molecular formula is C13H14N6O5. The Kier molecular flexibility index (Phi) is 3.90. The van der Waals surface area contributed by atoms with Crippen LogP contribution in [0.3, 0.4) is 0 Å². The summed E-state index contributed by atoms with van der Waals surface area (Å²) in [6, 6.07) is 3.72. The molecule has 0 saturated carbocycles. The van der Waals surface area contributed by atoms with Gasteiger partial charge in [0.25, 0.3) is 0 Å². The number of aromatic amines is 1. The Bertz CT molecular complexity index is 857. The first-order valence-electron chi connectivity index (χ1n) is 7.02. The molecule has 1 aromatic carbocycles. The second-order valence-corrected chi connectivity index (χ2v) is 5.09. The molecule has 2 aromatic rings. The van der Waals surface area contributed by atoms with Gasteiger partial charge in [-0.2, -0.15) is 5.10 Å². The molecule has 0 spiro atoms. The van der Waals surface area contributed by atoms with Gasteiger partial charge in [-0.25, -0.2) is 14.7 Å². The number of hydrogen-bond acceptors (Lipinski definition) is 6. The van der Waals surface area contributed by atoms with E-state index < -0.39 is 11.0 Å². The number of nitro groups is 1. The van der Waals surface area contributed by atoms with Crippen molar-refractivity contribution in [3.63, 3.8) is 0 Å². The van der Waals surface area contributed by atoms with Gasteiger partial charge in [0.2, 0.25) is 0 Å². The largest absolute Gasteiger partial charge is 0.490 e. The Morgan fingerprint density at radius 1 is 1.46 bits per heavy atom. The molecule has 0 bridgehead atoms. The van der Waals surface area contributed by atoms with E-state index in [1.165, 1.54) is 34.8 Å². The molecule has 3 rings (SSSR count). The van der Waals surface area contributed by atoms with Gasteiger partial charge < -0.3 is 15.0 Å². The zero-order valence-electron chi connectivity index (χ0n) is 12.7. The Morgan fingerprint density at radius 3 is 2.96 bits per heavy atom. The molecule has 0 aliphatic carbocycles. The molecule has 1 aliphatic heterocycles. The number of carbonyl (C=O) groups is 1. The van der Waals surface area contributed by atoms with Crippen molar-refractivity contribution in [2.45, 2.75) is 13.1 Å². The normalized spacial score (nSPS) is 13.3. The predicted molar refractivity (Wildman–Crippen MR) is 81.9 cm³/mol. The number of nitro benzene ring substituents is 1. The number of H-pyrrole nitrogens is 1. The van der Waals surface area contributed by atoms with Crippen LogP contribution in [0.15, 0.2) is 23.0 Å². The van der Waals surface area contributed by atoms with E-state index in [1.54, 1.807) is 0 Å². The van der Waals surface area contributed by atoms with Crippen LogP contribution >= 0.6 is 0 Å². The fourth-order valence-electron chi connectivity index (χ4n) is 2.46. The van der Waals surface area contributed by atoms with Crippen LogP contribution < -0.4 is 15.7 Å². The topological polar surface area (TPSA) is 135 Å². The van der Waals surface area contributed by atoms with E-state index in [2.05, 4.69) is 15.5 Å². The molecule has 11 heteroatoms. The number of urea groups is 1. The van der Waals surface area contributed by atoms with Gasteiger partial charge in [0.15, 0.2) is 11.6 Å². The molecule has 1 aliphatic rings. The van der Waals surface area contributed by atoms with Crippen LogP contribution in [0.25, 0.3) is 0 Å². The molecule has 0 atom stereocenters. The molecule has 2 amide bonds. The minimum absolute atomic E-state index is 0.108. The molecule has 2 heterocycles. The Hall–Kier alpha value is -3.37. The lowest BCUT2D eigenvalue weighted by Gasteiger charge is -2.26. The first-order valence-corrected chi connectivity index (χ1v) is 7.02. The maximum atomic E-state index is 12.3. The van der Waals surface area contributed by atoms with E-state index >= 15 is 0 Å². The summed E-state index contributed by atoms with van der Waals surface area (Å²) < 4.78 is 6.38. The predicted octanol–water partition coefficient (Wildman–Crippen LogP) is 0.536. The summed E-state index contributed by atoms with van der Waals surface area (Å²) in [4.78, 5) is 35.6. The fourth-order valence-corrected chi connectivity index (χ4v) is 2.46. The highest BCUT2D eigenvalue weighted by molar-refractivity contribution is 5.90. The van der Waals surface area contributed by atoms with Crippen molar-refractivity contribution in [1.82, 2.24) is 19.7 Å². The average Bonchev–Trinajstić information content (AvgIpc) is 2.95. The number of benzene rings is 1. The number of nitrogens with zero attached hydrogens (tertiary/aromatic N) is 4. The zero-order valence-corrected chi connectivity index (χ0v) is 12.7. The summed E-state index contributed by atoms with van der Waals surface area (Å²) in [5.41, 5.74) is -0.275. The number of hydrogen-bond donors (Lipinski definition) is 2. The lowest BCUT2D eigenvalue weighted by molar-refractivity contribution is -0.385. The van der Waals surface area contributed by atoms with Gasteiger partial charge in [0.05, 0.1) is 18.6 Å².